The molecule has 4 rings (SSSR count). The van der Waals surface area contributed by atoms with E-state index in [1.54, 1.807) is 29.5 Å². The number of Topliss-reactive ketones (excluding diaryl/α,β-unsaturated/α-hetero) is 1. The highest BCUT2D eigenvalue weighted by Crippen LogP contribution is 2.33. The Morgan fingerprint density at radius 1 is 1.19 bits per heavy atom. The molecule has 0 spiro atoms. The molecule has 3 heterocycles. The first-order chi connectivity index (χ1) is 12.8. The quantitative estimate of drug-likeness (QED) is 0.790. The highest BCUT2D eigenvalue weighted by molar-refractivity contribution is 7.15. The van der Waals surface area contributed by atoms with Gasteiger partial charge < -0.3 is 14.5 Å². The number of ether oxygens (including phenoxy) is 1. The molecule has 1 saturated heterocycles. The van der Waals surface area contributed by atoms with Crippen molar-refractivity contribution < 1.29 is 14.3 Å². The van der Waals surface area contributed by atoms with Crippen LogP contribution < -0.4 is 9.64 Å². The zero-order valence-electron chi connectivity index (χ0n) is 15.7. The summed E-state index contributed by atoms with van der Waals surface area (Å²) in [5.74, 6) is 0.528. The first-order valence-corrected chi connectivity index (χ1v) is 9.85. The van der Waals surface area contributed by atoms with E-state index in [0.717, 1.165) is 23.2 Å². The van der Waals surface area contributed by atoms with Crippen LogP contribution in [0.3, 0.4) is 0 Å². The van der Waals surface area contributed by atoms with Crippen LogP contribution in [-0.2, 0) is 0 Å². The summed E-state index contributed by atoms with van der Waals surface area (Å²) in [5, 5.41) is 10.1. The molecular formula is C19H22N4O3S. The van der Waals surface area contributed by atoms with E-state index in [1.165, 1.54) is 0 Å². The summed E-state index contributed by atoms with van der Waals surface area (Å²) in [6.07, 6.45) is 0.317. The van der Waals surface area contributed by atoms with E-state index < -0.39 is 5.60 Å². The third kappa shape index (κ3) is 3.53. The number of fused-ring (bicyclic) bond motifs is 1. The number of anilines is 1. The second-order valence-electron chi connectivity index (χ2n) is 7.56. The molecule has 2 aliphatic rings. The van der Waals surface area contributed by atoms with Gasteiger partial charge in [-0.15, -0.1) is 10.2 Å². The number of hydrogen-bond acceptors (Lipinski definition) is 7. The van der Waals surface area contributed by atoms with Crippen LogP contribution in [0.15, 0.2) is 18.2 Å². The Morgan fingerprint density at radius 3 is 2.59 bits per heavy atom. The lowest BCUT2D eigenvalue weighted by Gasteiger charge is -2.35. The first-order valence-electron chi connectivity index (χ1n) is 9.03. The lowest BCUT2D eigenvalue weighted by Crippen LogP contribution is -2.48. The van der Waals surface area contributed by atoms with Gasteiger partial charge in [-0.3, -0.25) is 9.59 Å². The van der Waals surface area contributed by atoms with Crippen molar-refractivity contribution in [2.75, 3.05) is 31.1 Å². The molecule has 1 fully saturated rings. The summed E-state index contributed by atoms with van der Waals surface area (Å²) in [6.45, 7) is 8.40. The maximum atomic E-state index is 12.9. The van der Waals surface area contributed by atoms with Gasteiger partial charge in [0, 0.05) is 31.7 Å². The molecule has 0 aliphatic carbocycles. The van der Waals surface area contributed by atoms with Crippen LogP contribution in [0.25, 0.3) is 0 Å². The third-order valence-electron chi connectivity index (χ3n) is 4.85. The molecule has 0 saturated carbocycles. The molecule has 142 valence electrons. The van der Waals surface area contributed by atoms with Gasteiger partial charge in [-0.2, -0.15) is 0 Å². The molecule has 1 aromatic carbocycles. The van der Waals surface area contributed by atoms with Gasteiger partial charge in [0.1, 0.15) is 16.4 Å². The summed E-state index contributed by atoms with van der Waals surface area (Å²) in [7, 11) is 0. The van der Waals surface area contributed by atoms with Crippen LogP contribution >= 0.6 is 11.3 Å². The van der Waals surface area contributed by atoms with Gasteiger partial charge in [0.15, 0.2) is 5.78 Å². The summed E-state index contributed by atoms with van der Waals surface area (Å²) in [6, 6.07) is 5.16. The Morgan fingerprint density at radius 2 is 1.93 bits per heavy atom. The smallest absolute Gasteiger partial charge is 0.254 e. The van der Waals surface area contributed by atoms with Crippen molar-refractivity contribution in [1.29, 1.82) is 0 Å². The number of benzene rings is 1. The Bertz CT molecular complexity index is 900. The number of carbonyl (C=O) groups excluding carboxylic acids is 2. The maximum absolute atomic E-state index is 12.9. The second kappa shape index (κ2) is 6.60. The largest absolute Gasteiger partial charge is 0.487 e. The highest BCUT2D eigenvalue weighted by Gasteiger charge is 2.33. The van der Waals surface area contributed by atoms with E-state index in [1.807, 2.05) is 25.7 Å². The molecule has 0 radical (unpaired) electrons. The molecule has 0 atom stereocenters. The molecule has 7 nitrogen and oxygen atoms in total. The molecule has 8 heteroatoms. The molecule has 2 aliphatic heterocycles. The number of ketones is 1. The molecular weight excluding hydrogens is 364 g/mol. The molecule has 0 bridgehead atoms. The minimum Gasteiger partial charge on any atom is -0.487 e. The SMILES string of the molecule is Cc1nnc(N2CCN(C(=O)c3ccc4c(c3)C(=O)CC(C)(C)O4)CC2)s1. The molecule has 0 N–H and O–H groups in total. The van der Waals surface area contributed by atoms with Crippen LogP contribution in [-0.4, -0.2) is 58.6 Å². The van der Waals surface area contributed by atoms with Crippen molar-refractivity contribution in [2.45, 2.75) is 32.8 Å². The van der Waals surface area contributed by atoms with E-state index in [4.69, 9.17) is 4.74 Å². The van der Waals surface area contributed by atoms with E-state index in [2.05, 4.69) is 15.1 Å². The van der Waals surface area contributed by atoms with Gasteiger partial charge in [0.25, 0.3) is 5.91 Å². The lowest BCUT2D eigenvalue weighted by atomic mass is 9.92. The number of aromatic nitrogens is 2. The maximum Gasteiger partial charge on any atom is 0.254 e. The Kier molecular flexibility index (Phi) is 4.38. The number of rotatable bonds is 2. The monoisotopic (exact) mass is 386 g/mol. The van der Waals surface area contributed by atoms with Gasteiger partial charge in [0.2, 0.25) is 5.13 Å². The summed E-state index contributed by atoms with van der Waals surface area (Å²) < 4.78 is 5.87. The summed E-state index contributed by atoms with van der Waals surface area (Å²) >= 11 is 1.56. The number of carbonyl (C=O) groups is 2. The number of hydrogen-bond donors (Lipinski definition) is 0. The zero-order valence-corrected chi connectivity index (χ0v) is 16.5. The van der Waals surface area contributed by atoms with Crippen molar-refractivity contribution in [3.63, 3.8) is 0 Å². The predicted octanol–water partition coefficient (Wildman–Crippen LogP) is 2.55. The molecule has 27 heavy (non-hydrogen) atoms. The normalized spacial score (nSPS) is 18.9. The van der Waals surface area contributed by atoms with Crippen molar-refractivity contribution >= 4 is 28.2 Å². The third-order valence-corrected chi connectivity index (χ3v) is 5.75. The second-order valence-corrected chi connectivity index (χ2v) is 8.72. The molecule has 1 aromatic heterocycles. The number of amides is 1. The van der Waals surface area contributed by atoms with Gasteiger partial charge in [-0.25, -0.2) is 0 Å². The van der Waals surface area contributed by atoms with Crippen molar-refractivity contribution in [2.24, 2.45) is 0 Å². The molecule has 1 amide bonds. The number of piperazine rings is 1. The van der Waals surface area contributed by atoms with E-state index in [-0.39, 0.29) is 11.7 Å². The predicted molar refractivity (Wildman–Crippen MR) is 103 cm³/mol. The Labute approximate surface area is 161 Å². The summed E-state index contributed by atoms with van der Waals surface area (Å²) in [5.41, 5.74) is 0.531. The van der Waals surface area contributed by atoms with E-state index in [9.17, 15) is 9.59 Å². The molecule has 2 aromatic rings. The standard InChI is InChI=1S/C19H22N4O3S/c1-12-20-21-18(27-12)23-8-6-22(7-9-23)17(25)13-4-5-16-14(10-13)15(24)11-19(2,3)26-16/h4-5,10H,6-9,11H2,1-3H3. The van der Waals surface area contributed by atoms with Gasteiger partial charge in [0.05, 0.1) is 12.0 Å². The minimum absolute atomic E-state index is 0.0207. The van der Waals surface area contributed by atoms with Crippen LogP contribution in [0.4, 0.5) is 5.13 Å². The zero-order chi connectivity index (χ0) is 19.2. The molecule has 0 unspecified atom stereocenters. The summed E-state index contributed by atoms with van der Waals surface area (Å²) in [4.78, 5) is 29.3. The van der Waals surface area contributed by atoms with Crippen LogP contribution in [0, 0.1) is 6.92 Å². The van der Waals surface area contributed by atoms with Crippen molar-refractivity contribution in [3.05, 3.63) is 34.3 Å². The average Bonchev–Trinajstić information content (AvgIpc) is 3.06. The van der Waals surface area contributed by atoms with Crippen LogP contribution in [0.5, 0.6) is 5.75 Å². The van der Waals surface area contributed by atoms with Gasteiger partial charge in [-0.1, -0.05) is 11.3 Å². The fourth-order valence-corrected chi connectivity index (χ4v) is 4.22. The van der Waals surface area contributed by atoms with Crippen LogP contribution in [0.2, 0.25) is 0 Å². The Hall–Kier alpha value is -2.48. The average molecular weight is 386 g/mol. The number of aryl methyl sites for hydroxylation is 1. The first kappa shape index (κ1) is 17.9. The van der Waals surface area contributed by atoms with Gasteiger partial charge >= 0.3 is 0 Å². The van der Waals surface area contributed by atoms with E-state index in [0.29, 0.717) is 36.4 Å². The number of nitrogens with zero attached hydrogens (tertiary/aromatic N) is 4. The fourth-order valence-electron chi connectivity index (χ4n) is 3.48. The van der Waals surface area contributed by atoms with Crippen molar-refractivity contribution in [1.82, 2.24) is 15.1 Å². The topological polar surface area (TPSA) is 75.6 Å². The highest BCUT2D eigenvalue weighted by atomic mass is 32.1. The lowest BCUT2D eigenvalue weighted by molar-refractivity contribution is 0.0620. The van der Waals surface area contributed by atoms with E-state index >= 15 is 0 Å². The van der Waals surface area contributed by atoms with Crippen molar-refractivity contribution in [3.8, 4) is 5.75 Å². The fraction of sp³-hybridized carbons (Fsp3) is 0.474. The van der Waals surface area contributed by atoms with Gasteiger partial charge in [-0.05, 0) is 39.0 Å². The van der Waals surface area contributed by atoms with Crippen LogP contribution in [0.1, 0.15) is 46.0 Å². The Balaban J connectivity index is 1.46. The minimum atomic E-state index is -0.505.